The van der Waals surface area contributed by atoms with Crippen molar-refractivity contribution in [2.24, 2.45) is 5.73 Å². The van der Waals surface area contributed by atoms with Crippen LogP contribution in [0.1, 0.15) is 19.4 Å². The lowest BCUT2D eigenvalue weighted by molar-refractivity contribution is 0.519. The molecule has 0 aromatic heterocycles. The van der Waals surface area contributed by atoms with Gasteiger partial charge in [0.15, 0.2) is 0 Å². The smallest absolute Gasteiger partial charge is 0.0393 e. The van der Waals surface area contributed by atoms with E-state index in [4.69, 9.17) is 5.73 Å². The molecule has 2 heteroatoms. The van der Waals surface area contributed by atoms with Gasteiger partial charge < -0.3 is 10.6 Å². The summed E-state index contributed by atoms with van der Waals surface area (Å²) in [5.41, 5.74) is 8.37. The highest BCUT2D eigenvalue weighted by Crippen LogP contribution is 2.18. The van der Waals surface area contributed by atoms with E-state index in [1.54, 1.807) is 0 Å². The minimum atomic E-state index is -0.156. The molecule has 0 saturated heterocycles. The third kappa shape index (κ3) is 3.04. The number of anilines is 1. The second-order valence-corrected chi connectivity index (χ2v) is 4.63. The first-order chi connectivity index (χ1) is 6.40. The topological polar surface area (TPSA) is 29.3 Å². The fraction of sp³-hybridized carbons (Fsp3) is 0.500. The summed E-state index contributed by atoms with van der Waals surface area (Å²) < 4.78 is 0. The van der Waals surface area contributed by atoms with Gasteiger partial charge >= 0.3 is 0 Å². The van der Waals surface area contributed by atoms with Crippen molar-refractivity contribution in [3.63, 3.8) is 0 Å². The summed E-state index contributed by atoms with van der Waals surface area (Å²) in [6.07, 6.45) is 0. The normalized spacial score (nSPS) is 11.5. The lowest BCUT2D eigenvalue weighted by atomic mass is 10.1. The summed E-state index contributed by atoms with van der Waals surface area (Å²) in [7, 11) is 2.08. The summed E-state index contributed by atoms with van der Waals surface area (Å²) in [5, 5.41) is 0. The second-order valence-electron chi connectivity index (χ2n) is 4.63. The van der Waals surface area contributed by atoms with E-state index in [0.29, 0.717) is 0 Å². The van der Waals surface area contributed by atoms with E-state index in [9.17, 15) is 0 Å². The van der Waals surface area contributed by atoms with Crippen molar-refractivity contribution in [3.8, 4) is 0 Å². The lowest BCUT2D eigenvalue weighted by Crippen LogP contribution is -2.44. The van der Waals surface area contributed by atoms with E-state index in [0.717, 1.165) is 6.54 Å². The van der Waals surface area contributed by atoms with Crippen molar-refractivity contribution in [1.29, 1.82) is 0 Å². The van der Waals surface area contributed by atoms with Crippen LogP contribution in [0.5, 0.6) is 0 Å². The second kappa shape index (κ2) is 4.01. The van der Waals surface area contributed by atoms with Gasteiger partial charge in [0, 0.05) is 24.8 Å². The number of para-hydroxylation sites is 1. The average Bonchev–Trinajstić information content (AvgIpc) is 2.01. The molecule has 0 bridgehead atoms. The first-order valence-electron chi connectivity index (χ1n) is 4.96. The number of likely N-dealkylation sites (N-methyl/N-ethyl adjacent to an activating group) is 1. The van der Waals surface area contributed by atoms with Gasteiger partial charge in [-0.05, 0) is 32.4 Å². The number of nitrogens with zero attached hydrogens (tertiary/aromatic N) is 1. The van der Waals surface area contributed by atoms with Crippen molar-refractivity contribution >= 4 is 5.69 Å². The van der Waals surface area contributed by atoms with Gasteiger partial charge in [-0.2, -0.15) is 0 Å². The number of benzene rings is 1. The summed E-state index contributed by atoms with van der Waals surface area (Å²) in [6.45, 7) is 7.07. The van der Waals surface area contributed by atoms with Crippen molar-refractivity contribution in [3.05, 3.63) is 29.8 Å². The number of hydrogen-bond acceptors (Lipinski definition) is 2. The number of aryl methyl sites for hydroxylation is 1. The molecule has 0 saturated carbocycles. The molecular weight excluding hydrogens is 172 g/mol. The molecule has 0 aliphatic carbocycles. The molecule has 78 valence electrons. The molecule has 0 atom stereocenters. The van der Waals surface area contributed by atoms with E-state index in [2.05, 4.69) is 43.1 Å². The fourth-order valence-corrected chi connectivity index (χ4v) is 1.69. The summed E-state index contributed by atoms with van der Waals surface area (Å²) >= 11 is 0. The first-order valence-corrected chi connectivity index (χ1v) is 4.96. The van der Waals surface area contributed by atoms with Gasteiger partial charge in [0.1, 0.15) is 0 Å². The Morgan fingerprint density at radius 1 is 1.29 bits per heavy atom. The largest absolute Gasteiger partial charge is 0.373 e. The van der Waals surface area contributed by atoms with Crippen LogP contribution in [0.2, 0.25) is 0 Å². The van der Waals surface area contributed by atoms with Crippen LogP contribution in [0.15, 0.2) is 24.3 Å². The molecule has 1 aromatic rings. The van der Waals surface area contributed by atoms with Crippen LogP contribution in [0, 0.1) is 6.92 Å². The highest BCUT2D eigenvalue weighted by Gasteiger charge is 2.14. The van der Waals surface area contributed by atoms with Crippen LogP contribution in [-0.2, 0) is 0 Å². The predicted octanol–water partition coefficient (Wildman–Crippen LogP) is 2.17. The lowest BCUT2D eigenvalue weighted by Gasteiger charge is -2.29. The molecule has 0 amide bonds. The molecule has 1 aromatic carbocycles. The summed E-state index contributed by atoms with van der Waals surface area (Å²) in [5.74, 6) is 0. The fourth-order valence-electron chi connectivity index (χ4n) is 1.69. The Kier molecular flexibility index (Phi) is 3.17. The van der Waals surface area contributed by atoms with Crippen molar-refractivity contribution < 1.29 is 0 Å². The van der Waals surface area contributed by atoms with Crippen LogP contribution in [0.4, 0.5) is 5.69 Å². The van der Waals surface area contributed by atoms with Crippen LogP contribution in [-0.4, -0.2) is 19.1 Å². The first kappa shape index (κ1) is 11.1. The Labute approximate surface area is 86.7 Å². The molecule has 0 heterocycles. The minimum Gasteiger partial charge on any atom is -0.373 e. The summed E-state index contributed by atoms with van der Waals surface area (Å²) in [6, 6.07) is 8.36. The van der Waals surface area contributed by atoms with Crippen LogP contribution in [0.3, 0.4) is 0 Å². The van der Waals surface area contributed by atoms with Crippen LogP contribution >= 0.6 is 0 Å². The van der Waals surface area contributed by atoms with Gasteiger partial charge in [-0.3, -0.25) is 0 Å². The Morgan fingerprint density at radius 2 is 1.86 bits per heavy atom. The predicted molar refractivity (Wildman–Crippen MR) is 62.7 cm³/mol. The third-order valence-corrected chi connectivity index (χ3v) is 2.17. The Morgan fingerprint density at radius 3 is 2.36 bits per heavy atom. The SMILES string of the molecule is Cc1ccccc1N(C)CC(C)(C)N. The quantitative estimate of drug-likeness (QED) is 0.795. The van der Waals surface area contributed by atoms with Gasteiger partial charge in [-0.1, -0.05) is 18.2 Å². The molecule has 0 radical (unpaired) electrons. The van der Waals surface area contributed by atoms with Crippen molar-refractivity contribution in [2.75, 3.05) is 18.5 Å². The summed E-state index contributed by atoms with van der Waals surface area (Å²) in [4.78, 5) is 2.20. The monoisotopic (exact) mass is 192 g/mol. The Bertz CT molecular complexity index is 299. The molecule has 0 aliphatic rings. The maximum Gasteiger partial charge on any atom is 0.0393 e. The maximum absolute atomic E-state index is 5.98. The van der Waals surface area contributed by atoms with Crippen LogP contribution < -0.4 is 10.6 Å². The van der Waals surface area contributed by atoms with Gasteiger partial charge in [0.05, 0.1) is 0 Å². The highest BCUT2D eigenvalue weighted by molar-refractivity contribution is 5.52. The zero-order valence-corrected chi connectivity index (χ0v) is 9.54. The van der Waals surface area contributed by atoms with Gasteiger partial charge in [-0.25, -0.2) is 0 Å². The van der Waals surface area contributed by atoms with E-state index in [1.807, 2.05) is 13.8 Å². The molecule has 2 N–H and O–H groups in total. The van der Waals surface area contributed by atoms with E-state index < -0.39 is 0 Å². The molecule has 2 nitrogen and oxygen atoms in total. The van der Waals surface area contributed by atoms with Gasteiger partial charge in [-0.15, -0.1) is 0 Å². The molecule has 0 fully saturated rings. The van der Waals surface area contributed by atoms with Crippen molar-refractivity contribution in [2.45, 2.75) is 26.3 Å². The maximum atomic E-state index is 5.98. The molecular formula is C12H20N2. The molecule has 14 heavy (non-hydrogen) atoms. The Hall–Kier alpha value is -1.02. The Balaban J connectivity index is 2.80. The van der Waals surface area contributed by atoms with Gasteiger partial charge in [0.25, 0.3) is 0 Å². The molecule has 0 spiro atoms. The number of nitrogens with two attached hydrogens (primary N) is 1. The number of hydrogen-bond donors (Lipinski definition) is 1. The van der Waals surface area contributed by atoms with Gasteiger partial charge in [0.2, 0.25) is 0 Å². The molecule has 1 rings (SSSR count). The third-order valence-electron chi connectivity index (χ3n) is 2.17. The minimum absolute atomic E-state index is 0.156. The highest BCUT2D eigenvalue weighted by atomic mass is 15.1. The van der Waals surface area contributed by atoms with E-state index in [-0.39, 0.29) is 5.54 Å². The van der Waals surface area contributed by atoms with Crippen molar-refractivity contribution in [1.82, 2.24) is 0 Å². The average molecular weight is 192 g/mol. The zero-order chi connectivity index (χ0) is 10.8. The van der Waals surface area contributed by atoms with E-state index in [1.165, 1.54) is 11.3 Å². The molecule has 0 unspecified atom stereocenters. The number of rotatable bonds is 3. The standard InChI is InChI=1S/C12H20N2/c1-10-7-5-6-8-11(10)14(4)9-12(2,3)13/h5-8H,9,13H2,1-4H3. The van der Waals surface area contributed by atoms with E-state index >= 15 is 0 Å². The molecule has 0 aliphatic heterocycles. The zero-order valence-electron chi connectivity index (χ0n) is 9.54. The van der Waals surface area contributed by atoms with Crippen LogP contribution in [0.25, 0.3) is 0 Å².